The highest BCUT2D eigenvalue weighted by molar-refractivity contribution is 7.20. The average Bonchev–Trinajstić information content (AvgIpc) is 2.82. The molecule has 0 fully saturated rings. The van der Waals surface area contributed by atoms with Crippen LogP contribution in [0.3, 0.4) is 0 Å². The molecule has 3 rings (SSSR count). The molecular weight excluding hydrogens is 206 g/mol. The van der Waals surface area contributed by atoms with Crippen molar-refractivity contribution in [1.29, 1.82) is 0 Å². The maximum atomic E-state index is 5.54. The first-order chi connectivity index (χ1) is 7.33. The molecule has 2 heterocycles. The molecule has 2 aromatic rings. The van der Waals surface area contributed by atoms with Crippen LogP contribution in [0.15, 0.2) is 35.3 Å². The molecule has 0 saturated heterocycles. The highest BCUT2D eigenvalue weighted by Crippen LogP contribution is 2.27. The van der Waals surface area contributed by atoms with Crippen LogP contribution < -0.4 is 0 Å². The summed E-state index contributed by atoms with van der Waals surface area (Å²) in [6.45, 7) is 2.78. The smallest absolute Gasteiger partial charge is 0.226 e. The zero-order valence-electron chi connectivity index (χ0n) is 8.43. The maximum Gasteiger partial charge on any atom is 0.226 e. The van der Waals surface area contributed by atoms with E-state index in [-0.39, 0.29) is 0 Å². The Bertz CT molecular complexity index is 496. The van der Waals surface area contributed by atoms with Gasteiger partial charge in [-0.2, -0.15) is 0 Å². The molecular formula is C12H11NOS. The second-order valence-electron chi connectivity index (χ2n) is 3.74. The second kappa shape index (κ2) is 3.35. The summed E-state index contributed by atoms with van der Waals surface area (Å²) in [5.41, 5.74) is 0. The molecule has 2 nitrogen and oxygen atoms in total. The van der Waals surface area contributed by atoms with Crippen LogP contribution in [0.4, 0.5) is 0 Å². The van der Waals surface area contributed by atoms with E-state index in [4.69, 9.17) is 4.74 Å². The van der Waals surface area contributed by atoms with Gasteiger partial charge >= 0.3 is 0 Å². The number of ether oxygens (including phenoxy) is 1. The van der Waals surface area contributed by atoms with Crippen LogP contribution in [-0.2, 0) is 4.74 Å². The SMILES string of the molecule is CC1COC(c2cc3ccccc3s2)=N1. The molecule has 0 spiro atoms. The first-order valence-corrected chi connectivity index (χ1v) is 5.84. The van der Waals surface area contributed by atoms with Gasteiger partial charge in [-0.3, -0.25) is 0 Å². The predicted molar refractivity (Wildman–Crippen MR) is 63.8 cm³/mol. The van der Waals surface area contributed by atoms with E-state index in [1.165, 1.54) is 10.1 Å². The van der Waals surface area contributed by atoms with Gasteiger partial charge in [0.15, 0.2) is 0 Å². The van der Waals surface area contributed by atoms with E-state index in [9.17, 15) is 0 Å². The molecule has 1 unspecified atom stereocenters. The van der Waals surface area contributed by atoms with Crippen LogP contribution in [0.25, 0.3) is 10.1 Å². The molecule has 0 aliphatic carbocycles. The van der Waals surface area contributed by atoms with Crippen molar-refractivity contribution in [2.24, 2.45) is 4.99 Å². The van der Waals surface area contributed by atoms with Crippen LogP contribution in [-0.4, -0.2) is 18.5 Å². The minimum absolute atomic E-state index is 0.296. The van der Waals surface area contributed by atoms with Gasteiger partial charge in [0.1, 0.15) is 6.61 Å². The lowest BCUT2D eigenvalue weighted by Gasteiger charge is -1.95. The van der Waals surface area contributed by atoms with Crippen molar-refractivity contribution in [3.8, 4) is 0 Å². The number of fused-ring (bicyclic) bond motifs is 1. The number of aliphatic imine (C=N–C) groups is 1. The normalized spacial score (nSPS) is 20.3. The molecule has 0 amide bonds. The van der Waals surface area contributed by atoms with Crippen molar-refractivity contribution in [3.63, 3.8) is 0 Å². The Hall–Kier alpha value is -1.35. The zero-order valence-corrected chi connectivity index (χ0v) is 9.25. The monoisotopic (exact) mass is 217 g/mol. The third-order valence-corrected chi connectivity index (χ3v) is 3.54. The van der Waals surface area contributed by atoms with Gasteiger partial charge < -0.3 is 4.74 Å². The van der Waals surface area contributed by atoms with Crippen molar-refractivity contribution in [2.75, 3.05) is 6.61 Å². The lowest BCUT2D eigenvalue weighted by Crippen LogP contribution is -1.99. The quantitative estimate of drug-likeness (QED) is 0.719. The highest BCUT2D eigenvalue weighted by atomic mass is 32.1. The van der Waals surface area contributed by atoms with E-state index >= 15 is 0 Å². The molecule has 0 bridgehead atoms. The number of nitrogens with zero attached hydrogens (tertiary/aromatic N) is 1. The molecule has 1 aliphatic heterocycles. The fourth-order valence-corrected chi connectivity index (χ4v) is 2.71. The van der Waals surface area contributed by atoms with Crippen LogP contribution in [0.1, 0.15) is 11.8 Å². The Balaban J connectivity index is 2.09. The average molecular weight is 217 g/mol. The Labute approximate surface area is 92.2 Å². The van der Waals surface area contributed by atoms with Gasteiger partial charge in [0.25, 0.3) is 0 Å². The van der Waals surface area contributed by atoms with Gasteiger partial charge in [-0.25, -0.2) is 4.99 Å². The van der Waals surface area contributed by atoms with Crippen LogP contribution >= 0.6 is 11.3 Å². The molecule has 76 valence electrons. The standard InChI is InChI=1S/C12H11NOS/c1-8-7-14-12(13-8)11-6-9-4-2-3-5-10(9)15-11/h2-6,8H,7H2,1H3. The van der Waals surface area contributed by atoms with Gasteiger partial charge in [-0.05, 0) is 24.4 Å². The third kappa shape index (κ3) is 1.53. The van der Waals surface area contributed by atoms with Crippen LogP contribution in [0.5, 0.6) is 0 Å². The topological polar surface area (TPSA) is 21.6 Å². The zero-order chi connectivity index (χ0) is 10.3. The fourth-order valence-electron chi connectivity index (χ4n) is 1.70. The Kier molecular flexibility index (Phi) is 1.99. The van der Waals surface area contributed by atoms with Gasteiger partial charge in [-0.15, -0.1) is 11.3 Å². The molecule has 1 aromatic heterocycles. The summed E-state index contributed by atoms with van der Waals surface area (Å²) >= 11 is 1.74. The minimum Gasteiger partial charge on any atom is -0.475 e. The second-order valence-corrected chi connectivity index (χ2v) is 4.83. The fraction of sp³-hybridized carbons (Fsp3) is 0.250. The summed E-state index contributed by atoms with van der Waals surface area (Å²) in [6.07, 6.45) is 0. The molecule has 0 saturated carbocycles. The molecule has 1 aliphatic rings. The first kappa shape index (κ1) is 8.92. The molecule has 15 heavy (non-hydrogen) atoms. The number of rotatable bonds is 1. The minimum atomic E-state index is 0.296. The molecule has 1 atom stereocenters. The number of benzene rings is 1. The van der Waals surface area contributed by atoms with Gasteiger partial charge in [-0.1, -0.05) is 18.2 Å². The molecule has 1 aromatic carbocycles. The molecule has 0 N–H and O–H groups in total. The van der Waals surface area contributed by atoms with E-state index in [2.05, 4.69) is 42.2 Å². The van der Waals surface area contributed by atoms with Crippen molar-refractivity contribution >= 4 is 27.3 Å². The summed E-state index contributed by atoms with van der Waals surface area (Å²) in [6, 6.07) is 10.8. The van der Waals surface area contributed by atoms with Gasteiger partial charge in [0.05, 0.1) is 10.9 Å². The van der Waals surface area contributed by atoms with E-state index in [1.54, 1.807) is 11.3 Å². The van der Waals surface area contributed by atoms with Crippen molar-refractivity contribution in [3.05, 3.63) is 35.2 Å². The Morgan fingerprint density at radius 3 is 3.00 bits per heavy atom. The number of hydrogen-bond acceptors (Lipinski definition) is 3. The third-order valence-electron chi connectivity index (χ3n) is 2.44. The number of thiophene rings is 1. The van der Waals surface area contributed by atoms with E-state index in [1.807, 2.05) is 0 Å². The predicted octanol–water partition coefficient (Wildman–Crippen LogP) is 3.07. The van der Waals surface area contributed by atoms with Crippen molar-refractivity contribution in [2.45, 2.75) is 13.0 Å². The van der Waals surface area contributed by atoms with Crippen molar-refractivity contribution in [1.82, 2.24) is 0 Å². The summed E-state index contributed by atoms with van der Waals surface area (Å²) in [5.74, 6) is 0.809. The maximum absolute atomic E-state index is 5.54. The Morgan fingerprint density at radius 2 is 2.27 bits per heavy atom. The summed E-state index contributed by atoms with van der Waals surface area (Å²) in [5, 5.41) is 1.27. The van der Waals surface area contributed by atoms with E-state index < -0.39 is 0 Å². The van der Waals surface area contributed by atoms with Crippen LogP contribution in [0.2, 0.25) is 0 Å². The number of hydrogen-bond donors (Lipinski definition) is 0. The van der Waals surface area contributed by atoms with Crippen LogP contribution in [0, 0.1) is 0 Å². The molecule has 3 heteroatoms. The first-order valence-electron chi connectivity index (χ1n) is 5.02. The lowest BCUT2D eigenvalue weighted by molar-refractivity contribution is 0.324. The molecule has 0 radical (unpaired) electrons. The van der Waals surface area contributed by atoms with Gasteiger partial charge in [0.2, 0.25) is 5.90 Å². The Morgan fingerprint density at radius 1 is 1.40 bits per heavy atom. The largest absolute Gasteiger partial charge is 0.475 e. The van der Waals surface area contributed by atoms with E-state index in [0.29, 0.717) is 12.6 Å². The summed E-state index contributed by atoms with van der Waals surface area (Å²) in [7, 11) is 0. The highest BCUT2D eigenvalue weighted by Gasteiger charge is 2.17. The van der Waals surface area contributed by atoms with E-state index in [0.717, 1.165) is 10.8 Å². The van der Waals surface area contributed by atoms with Gasteiger partial charge in [0, 0.05) is 4.70 Å². The van der Waals surface area contributed by atoms with Crippen molar-refractivity contribution < 1.29 is 4.74 Å². The summed E-state index contributed by atoms with van der Waals surface area (Å²) < 4.78 is 6.83. The lowest BCUT2D eigenvalue weighted by atomic mass is 10.2. The summed E-state index contributed by atoms with van der Waals surface area (Å²) in [4.78, 5) is 5.60.